The number of amides is 1. The Hall–Kier alpha value is -3.74. The van der Waals surface area contributed by atoms with E-state index in [4.69, 9.17) is 14.1 Å². The highest BCUT2D eigenvalue weighted by molar-refractivity contribution is 7.89. The molecule has 2 aliphatic rings. The largest absolute Gasteiger partial charge is 0.476 e. The van der Waals surface area contributed by atoms with Crippen molar-refractivity contribution in [3.8, 4) is 17.0 Å². The van der Waals surface area contributed by atoms with E-state index in [-0.39, 0.29) is 23.1 Å². The van der Waals surface area contributed by atoms with Gasteiger partial charge >= 0.3 is 0 Å². The van der Waals surface area contributed by atoms with Gasteiger partial charge in [-0.3, -0.25) is 4.79 Å². The van der Waals surface area contributed by atoms with Crippen molar-refractivity contribution in [1.29, 1.82) is 0 Å². The molecule has 11 nitrogen and oxygen atoms in total. The Labute approximate surface area is 227 Å². The average molecular weight is 554 g/mol. The number of nitrogens with zero attached hydrogens (tertiary/aromatic N) is 4. The molecule has 0 unspecified atom stereocenters. The Kier molecular flexibility index (Phi) is 7.19. The van der Waals surface area contributed by atoms with Gasteiger partial charge < -0.3 is 24.3 Å². The third-order valence-corrected chi connectivity index (χ3v) is 8.80. The number of aryl methyl sites for hydroxylation is 1. The first-order valence-corrected chi connectivity index (χ1v) is 14.1. The van der Waals surface area contributed by atoms with E-state index >= 15 is 0 Å². The van der Waals surface area contributed by atoms with Crippen LogP contribution < -0.4 is 10.1 Å². The summed E-state index contributed by atoms with van der Waals surface area (Å²) < 4.78 is 37.0. The predicted octanol–water partition coefficient (Wildman–Crippen LogP) is 3.16. The topological polar surface area (TPSA) is 127 Å². The molecule has 0 saturated carbocycles. The zero-order valence-electron chi connectivity index (χ0n) is 22.6. The second kappa shape index (κ2) is 10.4. The van der Waals surface area contributed by atoms with Crippen LogP contribution in [0.4, 0.5) is 5.69 Å². The van der Waals surface area contributed by atoms with Crippen LogP contribution in [0.5, 0.6) is 5.88 Å². The van der Waals surface area contributed by atoms with Gasteiger partial charge in [-0.1, -0.05) is 17.3 Å². The van der Waals surface area contributed by atoms with Gasteiger partial charge in [-0.2, -0.15) is 0 Å². The van der Waals surface area contributed by atoms with Gasteiger partial charge in [0.15, 0.2) is 12.3 Å². The van der Waals surface area contributed by atoms with Crippen LogP contribution in [-0.4, -0.2) is 68.7 Å². The molecule has 0 bridgehead atoms. The highest BCUT2D eigenvalue weighted by atomic mass is 32.2. The lowest BCUT2D eigenvalue weighted by Gasteiger charge is -2.29. The van der Waals surface area contributed by atoms with Crippen molar-refractivity contribution in [3.63, 3.8) is 0 Å². The van der Waals surface area contributed by atoms with E-state index in [0.29, 0.717) is 35.9 Å². The number of hydrogen-bond acceptors (Lipinski definition) is 9. The van der Waals surface area contributed by atoms with Crippen LogP contribution in [0, 0.1) is 6.92 Å². The summed E-state index contributed by atoms with van der Waals surface area (Å²) in [6.45, 7) is 5.57. The van der Waals surface area contributed by atoms with Crippen LogP contribution in [0.15, 0.2) is 44.9 Å². The van der Waals surface area contributed by atoms with Crippen LogP contribution in [0.1, 0.15) is 34.9 Å². The van der Waals surface area contributed by atoms with E-state index in [2.05, 4.69) is 20.5 Å². The molecule has 2 aromatic carbocycles. The number of hydrogen-bond donors (Lipinski definition) is 1. The second-order valence-corrected chi connectivity index (χ2v) is 11.9. The summed E-state index contributed by atoms with van der Waals surface area (Å²) >= 11 is 0. The lowest BCUT2D eigenvalue weighted by Crippen LogP contribution is -2.27. The normalized spacial score (nSPS) is 16.4. The Bertz CT molecular complexity index is 1560. The number of carbonyl (C=O) groups excluding carboxylic acids is 1. The number of aromatic nitrogens is 1. The molecule has 2 aliphatic heterocycles. The van der Waals surface area contributed by atoms with Crippen molar-refractivity contribution in [2.24, 2.45) is 5.16 Å². The molecule has 1 amide bonds. The van der Waals surface area contributed by atoms with Gasteiger partial charge in [0.25, 0.3) is 11.8 Å². The lowest BCUT2D eigenvalue weighted by molar-refractivity contribution is -0.110. The van der Waals surface area contributed by atoms with Gasteiger partial charge in [-0.05, 0) is 72.9 Å². The molecule has 206 valence electrons. The number of anilines is 1. The van der Waals surface area contributed by atoms with Gasteiger partial charge in [-0.25, -0.2) is 12.7 Å². The smallest absolute Gasteiger partial charge is 0.278 e. The number of sulfonamides is 1. The highest BCUT2D eigenvalue weighted by Crippen LogP contribution is 2.40. The zero-order valence-corrected chi connectivity index (χ0v) is 23.4. The highest BCUT2D eigenvalue weighted by Gasteiger charge is 2.34. The molecule has 3 heterocycles. The summed E-state index contributed by atoms with van der Waals surface area (Å²) in [6.07, 6.45) is 0.790. The first kappa shape index (κ1) is 26.9. The van der Waals surface area contributed by atoms with Gasteiger partial charge in [-0.15, -0.1) is 0 Å². The predicted molar refractivity (Wildman–Crippen MR) is 145 cm³/mol. The molecule has 0 fully saturated rings. The van der Waals surface area contributed by atoms with Crippen molar-refractivity contribution in [3.05, 3.63) is 58.3 Å². The summed E-state index contributed by atoms with van der Waals surface area (Å²) in [4.78, 5) is 21.1. The van der Waals surface area contributed by atoms with Gasteiger partial charge in [0.1, 0.15) is 5.76 Å². The minimum absolute atomic E-state index is 0.0269. The summed E-state index contributed by atoms with van der Waals surface area (Å²) in [7, 11) is 1.50. The second-order valence-electron chi connectivity index (χ2n) is 9.73. The molecule has 12 heteroatoms. The van der Waals surface area contributed by atoms with E-state index in [9.17, 15) is 13.2 Å². The average Bonchev–Trinajstić information content (AvgIpc) is 3.42. The fourth-order valence-electron chi connectivity index (χ4n) is 4.83. The Balaban J connectivity index is 1.53. The third-order valence-electron chi connectivity index (χ3n) is 6.97. The van der Waals surface area contributed by atoms with E-state index in [1.807, 2.05) is 20.0 Å². The van der Waals surface area contributed by atoms with Crippen molar-refractivity contribution in [2.45, 2.75) is 38.3 Å². The van der Waals surface area contributed by atoms with E-state index in [0.717, 1.165) is 40.9 Å². The van der Waals surface area contributed by atoms with Crippen molar-refractivity contribution >= 4 is 27.3 Å². The summed E-state index contributed by atoms with van der Waals surface area (Å²) in [5.74, 6) is 0.539. The lowest BCUT2D eigenvalue weighted by atomic mass is 9.87. The van der Waals surface area contributed by atoms with E-state index < -0.39 is 10.0 Å². The molecule has 0 aliphatic carbocycles. The molecular weight excluding hydrogens is 522 g/mol. The summed E-state index contributed by atoms with van der Waals surface area (Å²) in [5.41, 5.74) is 6.10. The number of benzene rings is 2. The van der Waals surface area contributed by atoms with Crippen LogP contribution in [0.25, 0.3) is 11.1 Å². The van der Waals surface area contributed by atoms with Crippen LogP contribution >= 0.6 is 0 Å². The molecule has 0 radical (unpaired) electrons. The molecule has 5 rings (SSSR count). The monoisotopic (exact) mass is 553 g/mol. The Morgan fingerprint density at radius 1 is 1.18 bits per heavy atom. The molecule has 0 saturated heterocycles. The molecule has 3 aromatic rings. The molecular formula is C27H31N5O6S. The van der Waals surface area contributed by atoms with Crippen molar-refractivity contribution in [2.75, 3.05) is 39.6 Å². The SMILES string of the molecule is CCOc1noc(C)c1CO/N=C1\C(=O)Nc2c1cc(-c1ccc(S(=O)(=O)N(C)C)cc1)c1c2CN(C)CC1. The van der Waals surface area contributed by atoms with Crippen molar-refractivity contribution in [1.82, 2.24) is 14.4 Å². The molecule has 1 N–H and O–H groups in total. The van der Waals surface area contributed by atoms with Gasteiger partial charge in [0, 0.05) is 32.7 Å². The fraction of sp³-hybridized carbons (Fsp3) is 0.370. The standard InChI is InChI=1S/C27H31N5O6S/c1-6-36-27-23(16(2)38-30-27)15-37-29-25-21-13-20(17-7-9-18(10-8-17)39(34,35)31(3)4)19-11-12-32(5)14-22(19)24(21)28-26(25)33/h7-10,13H,6,11-12,14-15H2,1-5H3,(H,28,29,33). The quantitative estimate of drug-likeness (QED) is 0.422. The number of nitrogens with one attached hydrogen (secondary N) is 1. The van der Waals surface area contributed by atoms with Crippen LogP contribution in [-0.2, 0) is 39.2 Å². The number of oxime groups is 1. The Morgan fingerprint density at radius 2 is 1.92 bits per heavy atom. The summed E-state index contributed by atoms with van der Waals surface area (Å²) in [5, 5.41) is 11.1. The molecule has 0 atom stereocenters. The van der Waals surface area contributed by atoms with E-state index in [1.54, 1.807) is 31.2 Å². The molecule has 39 heavy (non-hydrogen) atoms. The Morgan fingerprint density at radius 3 is 2.62 bits per heavy atom. The summed E-state index contributed by atoms with van der Waals surface area (Å²) in [6, 6.07) is 8.76. The van der Waals surface area contributed by atoms with E-state index in [1.165, 1.54) is 18.4 Å². The maximum Gasteiger partial charge on any atom is 0.278 e. The number of carbonyl (C=O) groups is 1. The molecule has 0 spiro atoms. The number of rotatable bonds is 8. The van der Waals surface area contributed by atoms with Crippen LogP contribution in [0.3, 0.4) is 0 Å². The molecule has 1 aromatic heterocycles. The number of likely N-dealkylation sites (N-methyl/N-ethyl adjacent to an activating group) is 1. The maximum absolute atomic E-state index is 13.0. The zero-order chi connectivity index (χ0) is 27.9. The fourth-order valence-corrected chi connectivity index (χ4v) is 5.73. The van der Waals surface area contributed by atoms with Crippen molar-refractivity contribution < 1.29 is 27.3 Å². The number of ether oxygens (including phenoxy) is 1. The minimum Gasteiger partial charge on any atom is -0.476 e. The first-order chi connectivity index (χ1) is 18.6. The van der Waals surface area contributed by atoms with Crippen LogP contribution in [0.2, 0.25) is 0 Å². The van der Waals surface area contributed by atoms with Gasteiger partial charge in [0.05, 0.1) is 22.8 Å². The third kappa shape index (κ3) is 4.90. The number of fused-ring (bicyclic) bond motifs is 3. The first-order valence-electron chi connectivity index (χ1n) is 12.6. The maximum atomic E-state index is 13.0. The minimum atomic E-state index is -3.55. The van der Waals surface area contributed by atoms with Gasteiger partial charge in [0.2, 0.25) is 10.0 Å².